The minimum absolute atomic E-state index is 0.0165. The maximum absolute atomic E-state index is 13.7. The van der Waals surface area contributed by atoms with Crippen LogP contribution in [0.2, 0.25) is 0 Å². The van der Waals surface area contributed by atoms with Gasteiger partial charge >= 0.3 is 6.01 Å². The van der Waals surface area contributed by atoms with Crippen LogP contribution < -0.4 is 10.6 Å². The number of nitrogens with zero attached hydrogens (tertiary/aromatic N) is 2. The highest BCUT2D eigenvalue weighted by atomic mass is 19.1. The maximum Gasteiger partial charge on any atom is 0.320 e. The minimum Gasteiger partial charge on any atom is -0.406 e. The Labute approximate surface area is 121 Å². The maximum atomic E-state index is 13.7. The molecule has 2 rings (SSSR count). The molecule has 0 atom stereocenters. The van der Waals surface area contributed by atoms with Gasteiger partial charge in [-0.3, -0.25) is 0 Å². The Kier molecular flexibility index (Phi) is 4.22. The number of anilines is 2. The zero-order chi connectivity index (χ0) is 15.6. The van der Waals surface area contributed by atoms with Crippen molar-refractivity contribution in [3.05, 3.63) is 35.2 Å². The van der Waals surface area contributed by atoms with E-state index in [-0.39, 0.29) is 22.8 Å². The van der Waals surface area contributed by atoms with E-state index in [0.717, 1.165) is 12.1 Å². The Hall–Kier alpha value is -2.02. The zero-order valence-electron chi connectivity index (χ0n) is 12.4. The Morgan fingerprint density at radius 3 is 2.52 bits per heavy atom. The van der Waals surface area contributed by atoms with E-state index in [1.807, 2.05) is 20.8 Å². The number of hydrogen-bond acceptors (Lipinski definition) is 5. The van der Waals surface area contributed by atoms with Crippen LogP contribution in [-0.2, 0) is 6.54 Å². The van der Waals surface area contributed by atoms with Gasteiger partial charge in [-0.2, -0.15) is 0 Å². The van der Waals surface area contributed by atoms with E-state index >= 15 is 0 Å². The Morgan fingerprint density at radius 1 is 1.14 bits per heavy atom. The predicted molar refractivity (Wildman–Crippen MR) is 75.3 cm³/mol. The topological polar surface area (TPSA) is 63.0 Å². The lowest BCUT2D eigenvalue weighted by Crippen LogP contribution is -2.35. The van der Waals surface area contributed by atoms with Crippen LogP contribution in [0.3, 0.4) is 0 Å². The second kappa shape index (κ2) is 5.77. The third-order valence-electron chi connectivity index (χ3n) is 2.73. The molecule has 2 aromatic rings. The minimum atomic E-state index is -0.582. The highest BCUT2D eigenvalue weighted by molar-refractivity contribution is 5.53. The molecule has 0 saturated heterocycles. The van der Waals surface area contributed by atoms with Crippen LogP contribution in [0, 0.1) is 18.6 Å². The Bertz CT molecular complexity index is 634. The molecular weight excluding hydrogens is 278 g/mol. The van der Waals surface area contributed by atoms with Gasteiger partial charge in [0.1, 0.15) is 11.6 Å². The smallest absolute Gasteiger partial charge is 0.320 e. The molecule has 0 radical (unpaired) electrons. The molecule has 0 aliphatic rings. The molecule has 1 heterocycles. The number of hydrogen-bond donors (Lipinski definition) is 2. The van der Waals surface area contributed by atoms with Gasteiger partial charge < -0.3 is 15.1 Å². The standard InChI is InChI=1S/C14H18F2N4O/c1-8-5-10(16)11(6-9(8)15)18-13-20-19-12(21-13)7-17-14(2,3)4/h5-6,17H,7H2,1-4H3,(H,18,20). The van der Waals surface area contributed by atoms with E-state index in [4.69, 9.17) is 4.42 Å². The summed E-state index contributed by atoms with van der Waals surface area (Å²) in [6.07, 6.45) is 0. The van der Waals surface area contributed by atoms with E-state index in [9.17, 15) is 8.78 Å². The summed E-state index contributed by atoms with van der Waals surface area (Å²) in [5.74, 6) is -0.727. The first-order valence-corrected chi connectivity index (χ1v) is 6.55. The summed E-state index contributed by atoms with van der Waals surface area (Å²) in [6, 6.07) is 2.18. The van der Waals surface area contributed by atoms with Crippen molar-refractivity contribution >= 4 is 11.7 Å². The molecule has 0 unspecified atom stereocenters. The summed E-state index contributed by atoms with van der Waals surface area (Å²) < 4.78 is 32.5. The number of aromatic nitrogens is 2. The molecule has 5 nitrogen and oxygen atoms in total. The Balaban J connectivity index is 2.07. The van der Waals surface area contributed by atoms with Gasteiger partial charge in [0.2, 0.25) is 5.89 Å². The first kappa shape index (κ1) is 15.4. The van der Waals surface area contributed by atoms with Crippen molar-refractivity contribution in [2.45, 2.75) is 39.8 Å². The predicted octanol–water partition coefficient (Wildman–Crippen LogP) is 3.29. The summed E-state index contributed by atoms with van der Waals surface area (Å²) >= 11 is 0. The van der Waals surface area contributed by atoms with Crippen molar-refractivity contribution in [1.29, 1.82) is 0 Å². The molecule has 1 aromatic heterocycles. The quantitative estimate of drug-likeness (QED) is 0.906. The van der Waals surface area contributed by atoms with Crippen LogP contribution >= 0.6 is 0 Å². The third kappa shape index (κ3) is 4.22. The average molecular weight is 296 g/mol. The van der Waals surface area contributed by atoms with E-state index in [1.165, 1.54) is 6.92 Å². The molecule has 0 saturated carbocycles. The molecule has 0 aliphatic carbocycles. The number of aryl methyl sites for hydroxylation is 1. The van der Waals surface area contributed by atoms with Gasteiger partial charge in [-0.05, 0) is 39.3 Å². The highest BCUT2D eigenvalue weighted by Gasteiger charge is 2.14. The van der Waals surface area contributed by atoms with E-state index < -0.39 is 11.6 Å². The van der Waals surface area contributed by atoms with E-state index in [2.05, 4.69) is 20.8 Å². The number of halogens is 2. The summed E-state index contributed by atoms with van der Waals surface area (Å²) in [4.78, 5) is 0. The van der Waals surface area contributed by atoms with Crippen LogP contribution in [0.15, 0.2) is 16.5 Å². The van der Waals surface area contributed by atoms with Crippen molar-refractivity contribution in [2.24, 2.45) is 0 Å². The average Bonchev–Trinajstić information content (AvgIpc) is 2.80. The van der Waals surface area contributed by atoms with Gasteiger partial charge in [0.05, 0.1) is 12.2 Å². The monoisotopic (exact) mass is 296 g/mol. The first-order valence-electron chi connectivity index (χ1n) is 6.55. The van der Waals surface area contributed by atoms with Crippen molar-refractivity contribution in [3.63, 3.8) is 0 Å². The largest absolute Gasteiger partial charge is 0.406 e. The highest BCUT2D eigenvalue weighted by Crippen LogP contribution is 2.22. The lowest BCUT2D eigenvalue weighted by molar-refractivity contribution is 0.384. The molecule has 0 spiro atoms. The SMILES string of the molecule is Cc1cc(F)c(Nc2nnc(CNC(C)(C)C)o2)cc1F. The fraction of sp³-hybridized carbons (Fsp3) is 0.429. The molecule has 1 aromatic carbocycles. The molecule has 0 fully saturated rings. The summed E-state index contributed by atoms with van der Waals surface area (Å²) in [5.41, 5.74) is 0.101. The molecular formula is C14H18F2N4O. The fourth-order valence-corrected chi connectivity index (χ4v) is 1.57. The van der Waals surface area contributed by atoms with Crippen LogP contribution in [-0.4, -0.2) is 15.7 Å². The van der Waals surface area contributed by atoms with Crippen LogP contribution in [0.25, 0.3) is 0 Å². The van der Waals surface area contributed by atoms with Gasteiger partial charge in [0.25, 0.3) is 0 Å². The van der Waals surface area contributed by atoms with Gasteiger partial charge in [-0.1, -0.05) is 5.10 Å². The molecule has 0 aliphatic heterocycles. The Morgan fingerprint density at radius 2 is 1.86 bits per heavy atom. The molecule has 21 heavy (non-hydrogen) atoms. The number of rotatable bonds is 4. The van der Waals surface area contributed by atoms with Crippen molar-refractivity contribution < 1.29 is 13.2 Å². The summed E-state index contributed by atoms with van der Waals surface area (Å²) in [7, 11) is 0. The van der Waals surface area contributed by atoms with Crippen LogP contribution in [0.5, 0.6) is 0 Å². The molecule has 2 N–H and O–H groups in total. The van der Waals surface area contributed by atoms with Crippen molar-refractivity contribution in [3.8, 4) is 0 Å². The van der Waals surface area contributed by atoms with Crippen molar-refractivity contribution in [2.75, 3.05) is 5.32 Å². The van der Waals surface area contributed by atoms with Crippen LogP contribution in [0.4, 0.5) is 20.5 Å². The normalized spacial score (nSPS) is 11.7. The second-order valence-electron chi connectivity index (χ2n) is 5.81. The first-order chi connectivity index (χ1) is 9.74. The number of benzene rings is 1. The lowest BCUT2D eigenvalue weighted by atomic mass is 10.1. The van der Waals surface area contributed by atoms with E-state index in [1.54, 1.807) is 0 Å². The van der Waals surface area contributed by atoms with Gasteiger partial charge in [0, 0.05) is 11.6 Å². The number of nitrogens with one attached hydrogen (secondary N) is 2. The summed E-state index contributed by atoms with van der Waals surface area (Å²) in [5, 5.41) is 13.3. The van der Waals surface area contributed by atoms with Gasteiger partial charge in [0.15, 0.2) is 0 Å². The zero-order valence-corrected chi connectivity index (χ0v) is 12.4. The van der Waals surface area contributed by atoms with Crippen molar-refractivity contribution in [1.82, 2.24) is 15.5 Å². The van der Waals surface area contributed by atoms with Crippen LogP contribution in [0.1, 0.15) is 32.2 Å². The fourth-order valence-electron chi connectivity index (χ4n) is 1.57. The second-order valence-corrected chi connectivity index (χ2v) is 5.81. The van der Waals surface area contributed by atoms with Gasteiger partial charge in [-0.15, -0.1) is 5.10 Å². The molecule has 114 valence electrons. The van der Waals surface area contributed by atoms with Gasteiger partial charge in [-0.25, -0.2) is 8.78 Å². The van der Waals surface area contributed by atoms with E-state index in [0.29, 0.717) is 12.4 Å². The lowest BCUT2D eigenvalue weighted by Gasteiger charge is -2.18. The summed E-state index contributed by atoms with van der Waals surface area (Å²) in [6.45, 7) is 7.90. The molecule has 7 heteroatoms. The third-order valence-corrected chi connectivity index (χ3v) is 2.73. The molecule has 0 amide bonds. The molecule has 0 bridgehead atoms.